The molecule has 1 aliphatic rings. The third-order valence-electron chi connectivity index (χ3n) is 2.46. The lowest BCUT2D eigenvalue weighted by Crippen LogP contribution is -2.13. The normalized spacial score (nSPS) is 20.5. The summed E-state index contributed by atoms with van der Waals surface area (Å²) in [4.78, 5) is 10.9. The number of hydrogen-bond donors (Lipinski definition) is 1. The van der Waals surface area contributed by atoms with Gasteiger partial charge in [0.2, 0.25) is 5.91 Å². The molecule has 1 atom stereocenters. The van der Waals surface area contributed by atoms with Crippen LogP contribution in [-0.4, -0.2) is 12.5 Å². The van der Waals surface area contributed by atoms with Gasteiger partial charge in [0.05, 0.1) is 5.02 Å². The first-order chi connectivity index (χ1) is 7.08. The van der Waals surface area contributed by atoms with Crippen molar-refractivity contribution in [2.24, 2.45) is 0 Å². The Morgan fingerprint density at radius 1 is 1.33 bits per heavy atom. The van der Waals surface area contributed by atoms with E-state index in [0.29, 0.717) is 6.54 Å². The average molecular weight is 232 g/mol. The van der Waals surface area contributed by atoms with Gasteiger partial charge in [0.1, 0.15) is 11.6 Å². The number of carbonyl (C=O) groups excluding carboxylic acids is 1. The molecule has 0 unspecified atom stereocenters. The molecule has 1 fully saturated rings. The number of benzene rings is 1. The predicted molar refractivity (Wildman–Crippen MR) is 51.7 cm³/mol. The maximum absolute atomic E-state index is 13.4. The van der Waals surface area contributed by atoms with Crippen LogP contribution in [0.25, 0.3) is 0 Å². The number of rotatable bonds is 1. The number of nitrogens with one attached hydrogen (secondary N) is 1. The van der Waals surface area contributed by atoms with Crippen LogP contribution in [0.15, 0.2) is 12.1 Å². The highest BCUT2D eigenvalue weighted by molar-refractivity contribution is 6.30. The van der Waals surface area contributed by atoms with Gasteiger partial charge in [-0.3, -0.25) is 4.79 Å². The third kappa shape index (κ3) is 1.95. The third-order valence-corrected chi connectivity index (χ3v) is 2.75. The molecule has 5 heteroatoms. The molecule has 1 saturated heterocycles. The second-order valence-electron chi connectivity index (χ2n) is 3.49. The van der Waals surface area contributed by atoms with E-state index in [1.54, 1.807) is 0 Å². The molecule has 0 aliphatic carbocycles. The van der Waals surface area contributed by atoms with Gasteiger partial charge in [-0.1, -0.05) is 11.6 Å². The Morgan fingerprint density at radius 2 is 2.07 bits per heavy atom. The fraction of sp³-hybridized carbons (Fsp3) is 0.300. The van der Waals surface area contributed by atoms with Crippen molar-refractivity contribution in [2.45, 2.75) is 12.3 Å². The molecule has 1 heterocycles. The SMILES string of the molecule is O=C1C[C@H](c2cc(F)c(Cl)cc2F)CN1. The highest BCUT2D eigenvalue weighted by Gasteiger charge is 2.26. The van der Waals surface area contributed by atoms with E-state index in [-0.39, 0.29) is 28.8 Å². The van der Waals surface area contributed by atoms with Crippen molar-refractivity contribution in [3.05, 3.63) is 34.4 Å². The van der Waals surface area contributed by atoms with Crippen LogP contribution in [0.4, 0.5) is 8.78 Å². The Hall–Kier alpha value is -1.16. The molecule has 0 aromatic heterocycles. The maximum atomic E-state index is 13.4. The van der Waals surface area contributed by atoms with Gasteiger partial charge < -0.3 is 5.32 Å². The van der Waals surface area contributed by atoms with Crippen LogP contribution in [-0.2, 0) is 4.79 Å². The Balaban J connectivity index is 2.36. The van der Waals surface area contributed by atoms with Gasteiger partial charge in [-0.25, -0.2) is 8.78 Å². The van der Waals surface area contributed by atoms with E-state index in [4.69, 9.17) is 11.6 Å². The Bertz CT molecular complexity index is 422. The van der Waals surface area contributed by atoms with Gasteiger partial charge in [0.15, 0.2) is 0 Å². The Kier molecular flexibility index (Phi) is 2.61. The van der Waals surface area contributed by atoms with Crippen LogP contribution in [0.2, 0.25) is 5.02 Å². The molecule has 2 rings (SSSR count). The van der Waals surface area contributed by atoms with E-state index < -0.39 is 11.6 Å². The lowest BCUT2D eigenvalue weighted by atomic mass is 9.97. The zero-order chi connectivity index (χ0) is 11.0. The predicted octanol–water partition coefficient (Wildman–Crippen LogP) is 2.22. The smallest absolute Gasteiger partial charge is 0.220 e. The second kappa shape index (κ2) is 3.77. The molecule has 2 nitrogen and oxygen atoms in total. The van der Waals surface area contributed by atoms with Crippen molar-refractivity contribution in [3.8, 4) is 0 Å². The van der Waals surface area contributed by atoms with Gasteiger partial charge in [-0.15, -0.1) is 0 Å². The molecule has 1 aliphatic heterocycles. The van der Waals surface area contributed by atoms with Crippen LogP contribution in [0.3, 0.4) is 0 Å². The summed E-state index contributed by atoms with van der Waals surface area (Å²) in [6.45, 7) is 0.344. The molecule has 15 heavy (non-hydrogen) atoms. The number of carbonyl (C=O) groups is 1. The quantitative estimate of drug-likeness (QED) is 0.738. The summed E-state index contributed by atoms with van der Waals surface area (Å²) in [5, 5.41) is 2.33. The zero-order valence-electron chi connectivity index (χ0n) is 7.69. The van der Waals surface area contributed by atoms with Crippen LogP contribution in [0, 0.1) is 11.6 Å². The van der Waals surface area contributed by atoms with Crippen LogP contribution in [0.1, 0.15) is 17.9 Å². The first-order valence-corrected chi connectivity index (χ1v) is 4.87. The lowest BCUT2D eigenvalue weighted by Gasteiger charge is -2.09. The number of hydrogen-bond acceptors (Lipinski definition) is 1. The van der Waals surface area contributed by atoms with Crippen LogP contribution in [0.5, 0.6) is 0 Å². The molecule has 0 bridgehead atoms. The molecule has 1 N–H and O–H groups in total. The van der Waals surface area contributed by atoms with Gasteiger partial charge in [0, 0.05) is 18.9 Å². The fourth-order valence-corrected chi connectivity index (χ4v) is 1.83. The van der Waals surface area contributed by atoms with E-state index >= 15 is 0 Å². The van der Waals surface area contributed by atoms with E-state index in [1.807, 2.05) is 0 Å². The maximum Gasteiger partial charge on any atom is 0.220 e. The highest BCUT2D eigenvalue weighted by Crippen LogP contribution is 2.28. The standard InChI is InChI=1S/C10H8ClF2NO/c11-7-3-8(12)6(2-9(7)13)5-1-10(15)14-4-5/h2-3,5H,1,4H2,(H,14,15)/t5-/m0/s1. The van der Waals surface area contributed by atoms with Crippen molar-refractivity contribution in [3.63, 3.8) is 0 Å². The van der Waals surface area contributed by atoms with E-state index in [1.165, 1.54) is 0 Å². The largest absolute Gasteiger partial charge is 0.355 e. The van der Waals surface area contributed by atoms with Gasteiger partial charge in [0.25, 0.3) is 0 Å². The van der Waals surface area contributed by atoms with Crippen LogP contribution < -0.4 is 5.32 Å². The molecule has 0 radical (unpaired) electrons. The molecule has 1 amide bonds. The zero-order valence-corrected chi connectivity index (χ0v) is 8.44. The van der Waals surface area contributed by atoms with Crippen molar-refractivity contribution in [1.29, 1.82) is 0 Å². The van der Waals surface area contributed by atoms with Crippen molar-refractivity contribution >= 4 is 17.5 Å². The fourth-order valence-electron chi connectivity index (χ4n) is 1.68. The summed E-state index contributed by atoms with van der Waals surface area (Å²) in [5.74, 6) is -1.67. The molecule has 80 valence electrons. The van der Waals surface area contributed by atoms with Crippen molar-refractivity contribution in [1.82, 2.24) is 5.32 Å². The Morgan fingerprint density at radius 3 is 2.67 bits per heavy atom. The summed E-state index contributed by atoms with van der Waals surface area (Å²) < 4.78 is 26.5. The summed E-state index contributed by atoms with van der Waals surface area (Å²) in [6.07, 6.45) is 0.192. The minimum atomic E-state index is -0.660. The van der Waals surface area contributed by atoms with E-state index in [0.717, 1.165) is 12.1 Å². The summed E-state index contributed by atoms with van der Waals surface area (Å²) in [7, 11) is 0. The lowest BCUT2D eigenvalue weighted by molar-refractivity contribution is -0.119. The van der Waals surface area contributed by atoms with Crippen LogP contribution >= 0.6 is 11.6 Å². The first-order valence-electron chi connectivity index (χ1n) is 4.49. The monoisotopic (exact) mass is 231 g/mol. The minimum Gasteiger partial charge on any atom is -0.355 e. The molecule has 1 aromatic rings. The summed E-state index contributed by atoms with van der Waals surface area (Å²) in [5.41, 5.74) is 0.204. The molecule has 0 saturated carbocycles. The molecular formula is C10H8ClF2NO. The van der Waals surface area contributed by atoms with E-state index in [2.05, 4.69) is 5.32 Å². The first kappa shape index (κ1) is 10.4. The molecule has 0 spiro atoms. The topological polar surface area (TPSA) is 29.1 Å². The minimum absolute atomic E-state index is 0.144. The second-order valence-corrected chi connectivity index (χ2v) is 3.90. The summed E-state index contributed by atoms with van der Waals surface area (Å²) >= 11 is 5.42. The number of halogens is 3. The van der Waals surface area contributed by atoms with Crippen molar-refractivity contribution < 1.29 is 13.6 Å². The highest BCUT2D eigenvalue weighted by atomic mass is 35.5. The molecule has 1 aromatic carbocycles. The van der Waals surface area contributed by atoms with E-state index in [9.17, 15) is 13.6 Å². The summed E-state index contributed by atoms with van der Waals surface area (Å²) in [6, 6.07) is 2.00. The average Bonchev–Trinajstić information content (AvgIpc) is 2.58. The van der Waals surface area contributed by atoms with Gasteiger partial charge in [-0.05, 0) is 17.7 Å². The Labute approximate surface area is 90.2 Å². The number of amides is 1. The molecular weight excluding hydrogens is 224 g/mol. The van der Waals surface area contributed by atoms with Gasteiger partial charge >= 0.3 is 0 Å². The van der Waals surface area contributed by atoms with Gasteiger partial charge in [-0.2, -0.15) is 0 Å². The van der Waals surface area contributed by atoms with Crippen molar-refractivity contribution in [2.75, 3.05) is 6.54 Å².